The molecule has 0 saturated heterocycles. The van der Waals surface area contributed by atoms with Crippen LogP contribution >= 0.6 is 0 Å². The molecule has 1 aliphatic rings. The van der Waals surface area contributed by atoms with Crippen LogP contribution in [0.2, 0.25) is 0 Å². The smallest absolute Gasteiger partial charge is 0.251 e. The summed E-state index contributed by atoms with van der Waals surface area (Å²) in [5.74, 6) is -0.136. The first-order valence-corrected chi connectivity index (χ1v) is 8.16. The minimum Gasteiger partial charge on any atom is -0.376 e. The van der Waals surface area contributed by atoms with Crippen molar-refractivity contribution in [3.8, 4) is 0 Å². The van der Waals surface area contributed by atoms with E-state index in [1.807, 2.05) is 48.5 Å². The topological polar surface area (TPSA) is 70.2 Å². The van der Waals surface area contributed by atoms with Crippen molar-refractivity contribution in [2.75, 3.05) is 11.9 Å². The predicted molar refractivity (Wildman–Crippen MR) is 93.7 cm³/mol. The summed E-state index contributed by atoms with van der Waals surface area (Å²) in [6.07, 6.45) is 2.13. The third kappa shape index (κ3) is 4.84. The molecule has 0 unspecified atom stereocenters. The summed E-state index contributed by atoms with van der Waals surface area (Å²) >= 11 is 0. The molecule has 0 heterocycles. The first-order valence-electron chi connectivity index (χ1n) is 8.16. The van der Waals surface area contributed by atoms with Crippen LogP contribution in [0.3, 0.4) is 0 Å². The fraction of sp³-hybridized carbons (Fsp3) is 0.263. The molecule has 0 aliphatic heterocycles. The van der Waals surface area contributed by atoms with Gasteiger partial charge in [0.05, 0.1) is 6.54 Å². The minimum absolute atomic E-state index is 0.0450. The lowest BCUT2D eigenvalue weighted by atomic mass is 10.1. The number of carbonyl (C=O) groups excluding carboxylic acids is 2. The summed E-state index contributed by atoms with van der Waals surface area (Å²) in [7, 11) is 0. The van der Waals surface area contributed by atoms with Gasteiger partial charge in [-0.3, -0.25) is 9.59 Å². The van der Waals surface area contributed by atoms with Crippen LogP contribution in [-0.2, 0) is 11.3 Å². The first-order chi connectivity index (χ1) is 11.7. The number of nitrogens with one attached hydrogen (secondary N) is 3. The van der Waals surface area contributed by atoms with Gasteiger partial charge in [0.1, 0.15) is 0 Å². The Kier molecular flexibility index (Phi) is 5.11. The molecule has 0 bridgehead atoms. The molecule has 124 valence electrons. The Bertz CT molecular complexity index is 712. The van der Waals surface area contributed by atoms with Gasteiger partial charge in [-0.05, 0) is 42.7 Å². The lowest BCUT2D eigenvalue weighted by Gasteiger charge is -2.09. The molecule has 0 atom stereocenters. The average Bonchev–Trinajstić information content (AvgIpc) is 3.43. The highest BCUT2D eigenvalue weighted by Gasteiger charge is 2.23. The van der Waals surface area contributed by atoms with Crippen molar-refractivity contribution in [2.24, 2.45) is 0 Å². The molecule has 3 rings (SSSR count). The van der Waals surface area contributed by atoms with Gasteiger partial charge in [0, 0.05) is 23.8 Å². The number of hydrogen-bond acceptors (Lipinski definition) is 3. The molecule has 1 fully saturated rings. The van der Waals surface area contributed by atoms with E-state index in [0.717, 1.165) is 24.1 Å². The Morgan fingerprint density at radius 1 is 1.00 bits per heavy atom. The Hall–Kier alpha value is -2.82. The number of amides is 2. The van der Waals surface area contributed by atoms with Gasteiger partial charge in [0.15, 0.2) is 0 Å². The summed E-state index contributed by atoms with van der Waals surface area (Å²) < 4.78 is 0. The lowest BCUT2D eigenvalue weighted by molar-refractivity contribution is -0.119. The second-order valence-corrected chi connectivity index (χ2v) is 5.94. The van der Waals surface area contributed by atoms with Crippen molar-refractivity contribution >= 4 is 17.5 Å². The number of rotatable bonds is 7. The molecule has 1 aliphatic carbocycles. The molecule has 3 N–H and O–H groups in total. The molecule has 5 heteroatoms. The molecule has 2 aromatic rings. The van der Waals surface area contributed by atoms with Crippen molar-refractivity contribution < 1.29 is 9.59 Å². The third-order valence-electron chi connectivity index (χ3n) is 3.82. The van der Waals surface area contributed by atoms with Gasteiger partial charge in [0.2, 0.25) is 5.91 Å². The number of carbonyl (C=O) groups is 2. The van der Waals surface area contributed by atoms with E-state index in [1.165, 1.54) is 0 Å². The van der Waals surface area contributed by atoms with E-state index < -0.39 is 0 Å². The number of benzene rings is 2. The largest absolute Gasteiger partial charge is 0.376 e. The van der Waals surface area contributed by atoms with Crippen LogP contribution < -0.4 is 16.0 Å². The van der Waals surface area contributed by atoms with Crippen LogP contribution in [0.1, 0.15) is 28.8 Å². The van der Waals surface area contributed by atoms with Crippen LogP contribution in [0.15, 0.2) is 54.6 Å². The van der Waals surface area contributed by atoms with E-state index >= 15 is 0 Å². The highest BCUT2D eigenvalue weighted by molar-refractivity contribution is 5.94. The maximum atomic E-state index is 12.0. The number of para-hydroxylation sites is 1. The molecule has 2 aromatic carbocycles. The van der Waals surface area contributed by atoms with Crippen molar-refractivity contribution in [1.82, 2.24) is 10.6 Å². The van der Waals surface area contributed by atoms with Gasteiger partial charge in [-0.25, -0.2) is 0 Å². The van der Waals surface area contributed by atoms with Gasteiger partial charge in [-0.15, -0.1) is 0 Å². The van der Waals surface area contributed by atoms with E-state index in [4.69, 9.17) is 0 Å². The monoisotopic (exact) mass is 323 g/mol. The SMILES string of the molecule is O=C(CNc1ccccc1)NCc1cccc(C(=O)NC2CC2)c1. The maximum absolute atomic E-state index is 12.0. The Labute approximate surface area is 141 Å². The maximum Gasteiger partial charge on any atom is 0.251 e. The Morgan fingerprint density at radius 2 is 1.79 bits per heavy atom. The van der Waals surface area contributed by atoms with E-state index in [2.05, 4.69) is 16.0 Å². The molecule has 0 aromatic heterocycles. The van der Waals surface area contributed by atoms with E-state index in [0.29, 0.717) is 18.2 Å². The zero-order valence-corrected chi connectivity index (χ0v) is 13.4. The molecule has 5 nitrogen and oxygen atoms in total. The Morgan fingerprint density at radius 3 is 2.54 bits per heavy atom. The predicted octanol–water partition coefficient (Wildman–Crippen LogP) is 2.31. The second kappa shape index (κ2) is 7.64. The van der Waals surface area contributed by atoms with Gasteiger partial charge in [-0.2, -0.15) is 0 Å². The lowest BCUT2D eigenvalue weighted by Crippen LogP contribution is -2.29. The Balaban J connectivity index is 1.47. The van der Waals surface area contributed by atoms with Crippen LogP contribution in [0.4, 0.5) is 5.69 Å². The first kappa shape index (κ1) is 16.1. The normalized spacial score (nSPS) is 13.2. The zero-order chi connectivity index (χ0) is 16.8. The fourth-order valence-corrected chi connectivity index (χ4v) is 2.32. The highest BCUT2D eigenvalue weighted by Crippen LogP contribution is 2.19. The molecule has 24 heavy (non-hydrogen) atoms. The molecular formula is C19H21N3O2. The van der Waals surface area contributed by atoms with Gasteiger partial charge in [-0.1, -0.05) is 30.3 Å². The zero-order valence-electron chi connectivity index (χ0n) is 13.4. The van der Waals surface area contributed by atoms with Crippen molar-refractivity contribution in [1.29, 1.82) is 0 Å². The molecule has 0 spiro atoms. The third-order valence-corrected chi connectivity index (χ3v) is 3.82. The van der Waals surface area contributed by atoms with E-state index in [1.54, 1.807) is 6.07 Å². The molecular weight excluding hydrogens is 302 g/mol. The van der Waals surface area contributed by atoms with E-state index in [9.17, 15) is 9.59 Å². The van der Waals surface area contributed by atoms with Crippen molar-refractivity contribution in [3.63, 3.8) is 0 Å². The van der Waals surface area contributed by atoms with Crippen molar-refractivity contribution in [3.05, 3.63) is 65.7 Å². The summed E-state index contributed by atoms with van der Waals surface area (Å²) in [5, 5.41) is 8.88. The minimum atomic E-state index is -0.0910. The summed E-state index contributed by atoms with van der Waals surface area (Å²) in [6, 6.07) is 17.3. The standard InChI is InChI=1S/C19H21N3O2/c23-18(13-20-16-7-2-1-3-8-16)21-12-14-5-4-6-15(11-14)19(24)22-17-9-10-17/h1-8,11,17,20H,9-10,12-13H2,(H,21,23)(H,22,24). The van der Waals surface area contributed by atoms with E-state index in [-0.39, 0.29) is 18.4 Å². The summed E-state index contributed by atoms with van der Waals surface area (Å²) in [6.45, 7) is 0.617. The fourth-order valence-electron chi connectivity index (χ4n) is 2.32. The summed E-state index contributed by atoms with van der Waals surface area (Å²) in [5.41, 5.74) is 2.45. The molecule has 0 radical (unpaired) electrons. The number of anilines is 1. The van der Waals surface area contributed by atoms with Crippen LogP contribution in [0.5, 0.6) is 0 Å². The van der Waals surface area contributed by atoms with Crippen LogP contribution in [0, 0.1) is 0 Å². The van der Waals surface area contributed by atoms with Crippen LogP contribution in [-0.4, -0.2) is 24.4 Å². The van der Waals surface area contributed by atoms with Crippen molar-refractivity contribution in [2.45, 2.75) is 25.4 Å². The second-order valence-electron chi connectivity index (χ2n) is 5.94. The highest BCUT2D eigenvalue weighted by atomic mass is 16.2. The van der Waals surface area contributed by atoms with Crippen LogP contribution in [0.25, 0.3) is 0 Å². The number of hydrogen-bond donors (Lipinski definition) is 3. The summed E-state index contributed by atoms with van der Waals surface area (Å²) in [4.78, 5) is 23.9. The van der Waals surface area contributed by atoms with Gasteiger partial charge < -0.3 is 16.0 Å². The average molecular weight is 323 g/mol. The van der Waals surface area contributed by atoms with Gasteiger partial charge >= 0.3 is 0 Å². The molecule has 1 saturated carbocycles. The van der Waals surface area contributed by atoms with Gasteiger partial charge in [0.25, 0.3) is 5.91 Å². The molecule has 2 amide bonds. The quantitative estimate of drug-likeness (QED) is 0.732.